The van der Waals surface area contributed by atoms with Crippen LogP contribution in [0.1, 0.15) is 38.1 Å². The molecule has 6 heteroatoms. The van der Waals surface area contributed by atoms with E-state index in [1.165, 1.54) is 30.3 Å². The average molecular weight is 219 g/mol. The number of hydrogen-bond acceptors (Lipinski definition) is 4. The van der Waals surface area contributed by atoms with Gasteiger partial charge in [0.1, 0.15) is 0 Å². The summed E-state index contributed by atoms with van der Waals surface area (Å²) in [7, 11) is 0. The van der Waals surface area contributed by atoms with Crippen molar-refractivity contribution in [2.45, 2.75) is 38.1 Å². The van der Waals surface area contributed by atoms with E-state index in [4.69, 9.17) is 0 Å². The number of nitrogens with zero attached hydrogens (tertiary/aromatic N) is 4. The molecule has 3 rings (SSSR count). The van der Waals surface area contributed by atoms with Crippen LogP contribution in [0.5, 0.6) is 0 Å². The molecule has 0 radical (unpaired) electrons. The highest BCUT2D eigenvalue weighted by Gasteiger charge is 2.19. The Morgan fingerprint density at radius 1 is 1.31 bits per heavy atom. The van der Waals surface area contributed by atoms with Crippen molar-refractivity contribution in [1.29, 1.82) is 0 Å². The third kappa shape index (κ3) is 1.41. The molecule has 2 aromatic rings. The molecule has 0 aromatic carbocycles. The molecule has 2 aromatic heterocycles. The standard InChI is InChI=1S/C10H13N5O/c16-10-8-9(12-6-11-8)13-14-15(10)7-4-2-1-3-5-7/h6-7H,1-5H2,(H,11,12). The minimum atomic E-state index is -0.102. The maximum Gasteiger partial charge on any atom is 0.296 e. The van der Waals surface area contributed by atoms with Crippen molar-refractivity contribution in [3.8, 4) is 0 Å². The topological polar surface area (TPSA) is 76.5 Å². The van der Waals surface area contributed by atoms with Crippen LogP contribution in [0.3, 0.4) is 0 Å². The quantitative estimate of drug-likeness (QED) is 0.776. The number of nitrogens with one attached hydrogen (secondary N) is 1. The number of aromatic nitrogens is 5. The monoisotopic (exact) mass is 219 g/mol. The second kappa shape index (κ2) is 3.70. The normalized spacial score (nSPS) is 18.0. The van der Waals surface area contributed by atoms with E-state index >= 15 is 0 Å². The smallest absolute Gasteiger partial charge is 0.296 e. The molecule has 0 unspecified atom stereocenters. The molecule has 1 fully saturated rings. The summed E-state index contributed by atoms with van der Waals surface area (Å²) in [6.07, 6.45) is 7.11. The molecule has 84 valence electrons. The average Bonchev–Trinajstić information content (AvgIpc) is 2.80. The molecule has 0 amide bonds. The lowest BCUT2D eigenvalue weighted by atomic mass is 9.96. The Bertz CT molecular complexity index is 552. The molecule has 0 aliphatic heterocycles. The summed E-state index contributed by atoms with van der Waals surface area (Å²) in [6.45, 7) is 0. The fourth-order valence-corrected chi connectivity index (χ4v) is 2.33. The van der Waals surface area contributed by atoms with E-state index < -0.39 is 0 Å². The van der Waals surface area contributed by atoms with Crippen LogP contribution in [-0.2, 0) is 0 Å². The number of imidazole rings is 1. The first-order valence-electron chi connectivity index (χ1n) is 5.65. The van der Waals surface area contributed by atoms with Crippen molar-refractivity contribution in [2.75, 3.05) is 0 Å². The van der Waals surface area contributed by atoms with Gasteiger partial charge in [-0.3, -0.25) is 4.79 Å². The summed E-state index contributed by atoms with van der Waals surface area (Å²) in [5.41, 5.74) is 0.757. The van der Waals surface area contributed by atoms with Crippen molar-refractivity contribution >= 4 is 11.2 Å². The Morgan fingerprint density at radius 2 is 2.12 bits per heavy atom. The first-order chi connectivity index (χ1) is 7.86. The van der Waals surface area contributed by atoms with Gasteiger partial charge in [0.15, 0.2) is 5.52 Å². The molecule has 1 aliphatic rings. The van der Waals surface area contributed by atoms with Gasteiger partial charge in [0.25, 0.3) is 5.56 Å². The minimum Gasteiger partial charge on any atom is -0.339 e. The predicted molar refractivity (Wildman–Crippen MR) is 58.1 cm³/mol. The van der Waals surface area contributed by atoms with Gasteiger partial charge in [-0.1, -0.05) is 24.5 Å². The lowest BCUT2D eigenvalue weighted by molar-refractivity contribution is 0.311. The van der Waals surface area contributed by atoms with Crippen molar-refractivity contribution in [1.82, 2.24) is 25.0 Å². The largest absolute Gasteiger partial charge is 0.339 e. The summed E-state index contributed by atoms with van der Waals surface area (Å²) in [6, 6.07) is 0.210. The molecule has 0 bridgehead atoms. The van der Waals surface area contributed by atoms with Gasteiger partial charge in [0, 0.05) is 0 Å². The molecule has 16 heavy (non-hydrogen) atoms. The molecule has 6 nitrogen and oxygen atoms in total. The second-order valence-corrected chi connectivity index (χ2v) is 4.23. The van der Waals surface area contributed by atoms with Gasteiger partial charge in [-0.25, -0.2) is 9.67 Å². The van der Waals surface area contributed by atoms with Crippen LogP contribution in [0.15, 0.2) is 11.1 Å². The van der Waals surface area contributed by atoms with Crippen LogP contribution in [-0.4, -0.2) is 25.0 Å². The van der Waals surface area contributed by atoms with Crippen LogP contribution in [0, 0.1) is 0 Å². The summed E-state index contributed by atoms with van der Waals surface area (Å²) in [5.74, 6) is 0. The summed E-state index contributed by atoms with van der Waals surface area (Å²) in [5, 5.41) is 7.92. The van der Waals surface area contributed by atoms with E-state index in [1.54, 1.807) is 0 Å². The fourth-order valence-electron chi connectivity index (χ4n) is 2.33. The lowest BCUT2D eigenvalue weighted by Crippen LogP contribution is -2.29. The second-order valence-electron chi connectivity index (χ2n) is 4.23. The molecular formula is C10H13N5O. The van der Waals surface area contributed by atoms with Gasteiger partial charge >= 0.3 is 0 Å². The van der Waals surface area contributed by atoms with Crippen molar-refractivity contribution in [3.63, 3.8) is 0 Å². The van der Waals surface area contributed by atoms with Gasteiger partial charge < -0.3 is 4.98 Å². The van der Waals surface area contributed by atoms with E-state index in [1.807, 2.05) is 0 Å². The highest BCUT2D eigenvalue weighted by Crippen LogP contribution is 2.26. The van der Waals surface area contributed by atoms with E-state index in [2.05, 4.69) is 20.3 Å². The molecule has 1 N–H and O–H groups in total. The van der Waals surface area contributed by atoms with Crippen LogP contribution in [0.4, 0.5) is 0 Å². The maximum atomic E-state index is 12.1. The molecule has 0 saturated heterocycles. The number of fused-ring (bicyclic) bond motifs is 1. The minimum absolute atomic E-state index is 0.102. The van der Waals surface area contributed by atoms with E-state index in [0.717, 1.165) is 12.8 Å². The number of rotatable bonds is 1. The Morgan fingerprint density at radius 3 is 2.94 bits per heavy atom. The van der Waals surface area contributed by atoms with Crippen molar-refractivity contribution in [2.24, 2.45) is 0 Å². The Balaban J connectivity index is 2.09. The molecule has 2 heterocycles. The highest BCUT2D eigenvalue weighted by molar-refractivity contribution is 5.67. The first-order valence-corrected chi connectivity index (χ1v) is 5.65. The van der Waals surface area contributed by atoms with E-state index in [-0.39, 0.29) is 11.6 Å². The Labute approximate surface area is 91.7 Å². The third-order valence-corrected chi connectivity index (χ3v) is 3.20. The number of hydrogen-bond donors (Lipinski definition) is 1. The van der Waals surface area contributed by atoms with Crippen molar-refractivity contribution < 1.29 is 0 Å². The van der Waals surface area contributed by atoms with Gasteiger partial charge in [-0.2, -0.15) is 0 Å². The first kappa shape index (κ1) is 9.50. The Kier molecular flexibility index (Phi) is 2.19. The third-order valence-electron chi connectivity index (χ3n) is 3.20. The summed E-state index contributed by atoms with van der Waals surface area (Å²) >= 11 is 0. The van der Waals surface area contributed by atoms with Crippen LogP contribution in [0.2, 0.25) is 0 Å². The summed E-state index contributed by atoms with van der Waals surface area (Å²) in [4.78, 5) is 18.8. The van der Waals surface area contributed by atoms with Crippen LogP contribution in [0.25, 0.3) is 11.2 Å². The lowest BCUT2D eigenvalue weighted by Gasteiger charge is -2.21. The zero-order valence-electron chi connectivity index (χ0n) is 8.89. The fraction of sp³-hybridized carbons (Fsp3) is 0.600. The van der Waals surface area contributed by atoms with Crippen molar-refractivity contribution in [3.05, 3.63) is 16.7 Å². The van der Waals surface area contributed by atoms with Gasteiger partial charge in [-0.15, -0.1) is 5.10 Å². The van der Waals surface area contributed by atoms with Crippen LogP contribution >= 0.6 is 0 Å². The Hall–Kier alpha value is -1.72. The number of H-pyrrole nitrogens is 1. The van der Waals surface area contributed by atoms with Crippen LogP contribution < -0.4 is 5.56 Å². The summed E-state index contributed by atoms with van der Waals surface area (Å²) < 4.78 is 1.51. The molecule has 0 atom stereocenters. The predicted octanol–water partition coefficient (Wildman–Crippen LogP) is 1.02. The molecule has 1 saturated carbocycles. The zero-order valence-corrected chi connectivity index (χ0v) is 8.89. The zero-order chi connectivity index (χ0) is 11.0. The molecule has 0 spiro atoms. The number of aromatic amines is 1. The SMILES string of the molecule is O=c1c2[nH]cnc2nnn1C1CCCCC1. The molecular weight excluding hydrogens is 206 g/mol. The highest BCUT2D eigenvalue weighted by atomic mass is 16.1. The van der Waals surface area contributed by atoms with E-state index in [9.17, 15) is 4.79 Å². The molecule has 1 aliphatic carbocycles. The van der Waals surface area contributed by atoms with Gasteiger partial charge in [0.2, 0.25) is 5.65 Å². The van der Waals surface area contributed by atoms with E-state index in [0.29, 0.717) is 11.2 Å². The van der Waals surface area contributed by atoms with Gasteiger partial charge in [-0.05, 0) is 12.8 Å². The maximum absolute atomic E-state index is 12.1. The van der Waals surface area contributed by atoms with Gasteiger partial charge in [0.05, 0.1) is 12.4 Å².